The molecule has 0 spiro atoms. The number of para-hydroxylation sites is 1. The number of anilines is 1. The van der Waals surface area contributed by atoms with Crippen LogP contribution in [0.5, 0.6) is 0 Å². The van der Waals surface area contributed by atoms with Gasteiger partial charge in [0, 0.05) is 30.2 Å². The smallest absolute Gasteiger partial charge is 0.238 e. The van der Waals surface area contributed by atoms with Gasteiger partial charge in [-0.25, -0.2) is 0 Å². The molecule has 128 valence electrons. The number of rotatable bonds is 5. The minimum absolute atomic E-state index is 0.0729. The standard InChI is InChI=1S/C19H25N3OS/c1-16-8-13-24-18(16)14-21-9-5-10-22(12-11-21)15-19(23)20-17-6-3-2-4-7-17/h2-4,6-8,13H,5,9-12,14-15H2,1H3,(H,20,23). The van der Waals surface area contributed by atoms with Crippen LogP contribution in [0, 0.1) is 6.92 Å². The highest BCUT2D eigenvalue weighted by atomic mass is 32.1. The molecule has 2 aromatic rings. The normalized spacial score (nSPS) is 16.7. The Morgan fingerprint density at radius 2 is 1.83 bits per heavy atom. The van der Waals surface area contributed by atoms with Gasteiger partial charge >= 0.3 is 0 Å². The maximum Gasteiger partial charge on any atom is 0.238 e. The highest BCUT2D eigenvalue weighted by molar-refractivity contribution is 7.10. The molecule has 1 aromatic carbocycles. The summed E-state index contributed by atoms with van der Waals surface area (Å²) in [6.45, 7) is 7.76. The monoisotopic (exact) mass is 343 g/mol. The number of nitrogens with zero attached hydrogens (tertiary/aromatic N) is 2. The van der Waals surface area contributed by atoms with E-state index < -0.39 is 0 Å². The fraction of sp³-hybridized carbons (Fsp3) is 0.421. The van der Waals surface area contributed by atoms with E-state index in [0.29, 0.717) is 6.54 Å². The van der Waals surface area contributed by atoms with Crippen molar-refractivity contribution in [3.05, 3.63) is 52.2 Å². The lowest BCUT2D eigenvalue weighted by Gasteiger charge is -2.21. The number of thiophene rings is 1. The van der Waals surface area contributed by atoms with Gasteiger partial charge in [-0.05, 0) is 55.6 Å². The van der Waals surface area contributed by atoms with E-state index in [9.17, 15) is 4.79 Å². The van der Waals surface area contributed by atoms with E-state index in [0.717, 1.165) is 44.8 Å². The summed E-state index contributed by atoms with van der Waals surface area (Å²) in [5, 5.41) is 5.14. The Morgan fingerprint density at radius 3 is 2.58 bits per heavy atom. The lowest BCUT2D eigenvalue weighted by Crippen LogP contribution is -2.36. The van der Waals surface area contributed by atoms with Crippen molar-refractivity contribution in [1.82, 2.24) is 9.80 Å². The summed E-state index contributed by atoms with van der Waals surface area (Å²) in [6.07, 6.45) is 1.11. The van der Waals surface area contributed by atoms with Gasteiger partial charge in [0.15, 0.2) is 0 Å². The molecule has 3 rings (SSSR count). The van der Waals surface area contributed by atoms with Crippen LogP contribution in [-0.2, 0) is 11.3 Å². The molecule has 0 saturated carbocycles. The minimum Gasteiger partial charge on any atom is -0.325 e. The van der Waals surface area contributed by atoms with Crippen molar-refractivity contribution in [2.24, 2.45) is 0 Å². The number of hydrogen-bond acceptors (Lipinski definition) is 4. The molecule has 1 aliphatic rings. The predicted octanol–water partition coefficient (Wildman–Crippen LogP) is 3.20. The van der Waals surface area contributed by atoms with Gasteiger partial charge in [0.1, 0.15) is 0 Å². The maximum atomic E-state index is 12.2. The van der Waals surface area contributed by atoms with E-state index in [1.54, 1.807) is 0 Å². The molecule has 0 bridgehead atoms. The van der Waals surface area contributed by atoms with Crippen molar-refractivity contribution in [2.75, 3.05) is 38.0 Å². The molecule has 1 fully saturated rings. The quantitative estimate of drug-likeness (QED) is 0.905. The lowest BCUT2D eigenvalue weighted by atomic mass is 10.2. The van der Waals surface area contributed by atoms with Crippen molar-refractivity contribution in [3.8, 4) is 0 Å². The number of aryl methyl sites for hydroxylation is 1. The van der Waals surface area contributed by atoms with Crippen molar-refractivity contribution in [3.63, 3.8) is 0 Å². The summed E-state index contributed by atoms with van der Waals surface area (Å²) in [4.78, 5) is 18.4. The number of hydrogen-bond donors (Lipinski definition) is 1. The van der Waals surface area contributed by atoms with Crippen LogP contribution in [0.3, 0.4) is 0 Å². The molecule has 4 nitrogen and oxygen atoms in total. The van der Waals surface area contributed by atoms with Crippen LogP contribution in [0.25, 0.3) is 0 Å². The maximum absolute atomic E-state index is 12.2. The van der Waals surface area contributed by atoms with Crippen LogP contribution in [-0.4, -0.2) is 48.4 Å². The molecule has 1 saturated heterocycles. The molecule has 5 heteroatoms. The van der Waals surface area contributed by atoms with E-state index in [1.165, 1.54) is 10.4 Å². The predicted molar refractivity (Wildman–Crippen MR) is 100 cm³/mol. The molecule has 0 aliphatic carbocycles. The molecular weight excluding hydrogens is 318 g/mol. The van der Waals surface area contributed by atoms with Gasteiger partial charge in [-0.3, -0.25) is 14.6 Å². The Labute approximate surface area is 148 Å². The number of carbonyl (C=O) groups is 1. The third-order valence-electron chi connectivity index (χ3n) is 4.44. The fourth-order valence-electron chi connectivity index (χ4n) is 3.03. The van der Waals surface area contributed by atoms with Gasteiger partial charge in [-0.1, -0.05) is 18.2 Å². The minimum atomic E-state index is 0.0729. The molecule has 0 unspecified atom stereocenters. The summed E-state index contributed by atoms with van der Waals surface area (Å²) in [6, 6.07) is 11.9. The van der Waals surface area contributed by atoms with E-state index in [2.05, 4.69) is 33.5 Å². The SMILES string of the molecule is Cc1ccsc1CN1CCCN(CC(=O)Nc2ccccc2)CC1. The highest BCUT2D eigenvalue weighted by Crippen LogP contribution is 2.18. The van der Waals surface area contributed by atoms with Crippen LogP contribution in [0.15, 0.2) is 41.8 Å². The van der Waals surface area contributed by atoms with Crippen molar-refractivity contribution >= 4 is 22.9 Å². The zero-order valence-corrected chi connectivity index (χ0v) is 15.0. The number of amides is 1. The average molecular weight is 343 g/mol. The number of nitrogens with one attached hydrogen (secondary N) is 1. The lowest BCUT2D eigenvalue weighted by molar-refractivity contribution is -0.117. The summed E-state index contributed by atoms with van der Waals surface area (Å²) in [5.74, 6) is 0.0729. The first-order valence-electron chi connectivity index (χ1n) is 8.53. The Hall–Kier alpha value is -1.69. The molecule has 1 amide bonds. The highest BCUT2D eigenvalue weighted by Gasteiger charge is 2.18. The van der Waals surface area contributed by atoms with Gasteiger partial charge in [0.2, 0.25) is 5.91 Å². The van der Waals surface area contributed by atoms with Crippen molar-refractivity contribution < 1.29 is 4.79 Å². The second-order valence-electron chi connectivity index (χ2n) is 6.35. The van der Waals surface area contributed by atoms with E-state index in [1.807, 2.05) is 41.7 Å². The summed E-state index contributed by atoms with van der Waals surface area (Å²) < 4.78 is 0. The van der Waals surface area contributed by atoms with E-state index in [-0.39, 0.29) is 5.91 Å². The second-order valence-corrected chi connectivity index (χ2v) is 7.35. The van der Waals surface area contributed by atoms with Gasteiger partial charge in [0.25, 0.3) is 0 Å². The van der Waals surface area contributed by atoms with Crippen LogP contribution >= 0.6 is 11.3 Å². The average Bonchev–Trinajstić information content (AvgIpc) is 2.84. The first-order valence-corrected chi connectivity index (χ1v) is 9.41. The molecular formula is C19H25N3OS. The molecule has 0 radical (unpaired) electrons. The molecule has 1 N–H and O–H groups in total. The topological polar surface area (TPSA) is 35.6 Å². The molecule has 1 aromatic heterocycles. The zero-order valence-electron chi connectivity index (χ0n) is 14.2. The third kappa shape index (κ3) is 4.90. The Balaban J connectivity index is 1.47. The van der Waals surface area contributed by atoms with Gasteiger partial charge in [-0.2, -0.15) is 0 Å². The van der Waals surface area contributed by atoms with E-state index in [4.69, 9.17) is 0 Å². The van der Waals surface area contributed by atoms with Crippen LogP contribution in [0.2, 0.25) is 0 Å². The van der Waals surface area contributed by atoms with Crippen molar-refractivity contribution in [1.29, 1.82) is 0 Å². The Kier molecular flexibility index (Phi) is 6.01. The molecule has 2 heterocycles. The molecule has 1 aliphatic heterocycles. The zero-order chi connectivity index (χ0) is 16.8. The van der Waals surface area contributed by atoms with Crippen LogP contribution in [0.1, 0.15) is 16.9 Å². The Morgan fingerprint density at radius 1 is 1.08 bits per heavy atom. The van der Waals surface area contributed by atoms with Gasteiger partial charge in [-0.15, -0.1) is 11.3 Å². The van der Waals surface area contributed by atoms with Gasteiger partial charge < -0.3 is 5.32 Å². The van der Waals surface area contributed by atoms with Crippen LogP contribution < -0.4 is 5.32 Å². The number of carbonyl (C=O) groups excluding carboxylic acids is 1. The second kappa shape index (κ2) is 8.42. The van der Waals surface area contributed by atoms with E-state index >= 15 is 0 Å². The van der Waals surface area contributed by atoms with Crippen LogP contribution in [0.4, 0.5) is 5.69 Å². The third-order valence-corrected chi connectivity index (χ3v) is 5.45. The summed E-state index contributed by atoms with van der Waals surface area (Å²) in [5.41, 5.74) is 2.26. The first-order chi connectivity index (χ1) is 11.7. The molecule has 24 heavy (non-hydrogen) atoms. The summed E-state index contributed by atoms with van der Waals surface area (Å²) >= 11 is 1.84. The van der Waals surface area contributed by atoms with Crippen molar-refractivity contribution in [2.45, 2.75) is 19.9 Å². The largest absolute Gasteiger partial charge is 0.325 e. The number of benzene rings is 1. The Bertz CT molecular complexity index is 656. The summed E-state index contributed by atoms with van der Waals surface area (Å²) in [7, 11) is 0. The van der Waals surface area contributed by atoms with Gasteiger partial charge in [0.05, 0.1) is 6.54 Å². The molecule has 0 atom stereocenters. The fourth-order valence-corrected chi connectivity index (χ4v) is 3.98. The first kappa shape index (κ1) is 17.1.